The molecular formula is C28H40Cl2N6O4S. The Labute approximate surface area is 253 Å². The first-order chi connectivity index (χ1) is 19.6. The van der Waals surface area contributed by atoms with Crippen LogP contribution in [0, 0.1) is 6.92 Å². The van der Waals surface area contributed by atoms with Crippen LogP contribution in [0.4, 0.5) is 0 Å². The Kier molecular flexibility index (Phi) is 13.1. The van der Waals surface area contributed by atoms with Gasteiger partial charge in [0, 0.05) is 36.5 Å². The Morgan fingerprint density at radius 2 is 1.90 bits per heavy atom. The number of hydrogen-bond donors (Lipinski definition) is 2. The van der Waals surface area contributed by atoms with E-state index in [0.29, 0.717) is 23.7 Å². The number of aryl methyl sites for hydroxylation is 1. The molecule has 1 aliphatic rings. The number of sulfonamides is 1. The molecule has 13 heteroatoms. The Bertz CT molecular complexity index is 1270. The second-order valence-corrected chi connectivity index (χ2v) is 12.9. The summed E-state index contributed by atoms with van der Waals surface area (Å²) < 4.78 is 27.6. The Balaban J connectivity index is 1.57. The zero-order chi connectivity index (χ0) is 29.8. The summed E-state index contributed by atoms with van der Waals surface area (Å²) in [6.07, 6.45) is 10.6. The van der Waals surface area contributed by atoms with Crippen LogP contribution in [0.15, 0.2) is 42.2 Å². The minimum atomic E-state index is -4.14. The SMILES string of the molecule is C=CCN(CC(=O)NCC(=O)N(CCCCN1CCCC1)CCCc1cnc[nH]1)S(=O)(=O)c1ccc(Cl)c(C)c1Cl. The number of H-pyrrole nitrogens is 1. The highest BCUT2D eigenvalue weighted by Gasteiger charge is 2.29. The summed E-state index contributed by atoms with van der Waals surface area (Å²) in [7, 11) is -4.14. The molecule has 41 heavy (non-hydrogen) atoms. The molecule has 0 radical (unpaired) electrons. The number of likely N-dealkylation sites (tertiary alicyclic amines) is 1. The molecule has 2 heterocycles. The molecular weight excluding hydrogens is 587 g/mol. The minimum Gasteiger partial charge on any atom is -0.348 e. The van der Waals surface area contributed by atoms with Gasteiger partial charge < -0.3 is 20.1 Å². The van der Waals surface area contributed by atoms with Crippen molar-refractivity contribution in [1.82, 2.24) is 29.4 Å². The molecule has 2 aromatic rings. The predicted molar refractivity (Wildman–Crippen MR) is 162 cm³/mol. The number of aromatic amines is 1. The number of carbonyl (C=O) groups excluding carboxylic acids is 2. The van der Waals surface area contributed by atoms with E-state index >= 15 is 0 Å². The molecule has 0 unspecified atom stereocenters. The number of carbonyl (C=O) groups is 2. The number of halogens is 2. The maximum Gasteiger partial charge on any atom is 0.245 e. The number of unbranched alkanes of at least 4 members (excludes halogenated alkanes) is 1. The van der Waals surface area contributed by atoms with Crippen LogP contribution in [0.1, 0.15) is 43.4 Å². The summed E-state index contributed by atoms with van der Waals surface area (Å²) in [4.78, 5) is 37.1. The van der Waals surface area contributed by atoms with Crippen molar-refractivity contribution >= 4 is 45.0 Å². The second kappa shape index (κ2) is 16.3. The quantitative estimate of drug-likeness (QED) is 0.204. The fourth-order valence-corrected chi connectivity index (χ4v) is 6.91. The molecule has 0 atom stereocenters. The van der Waals surface area contributed by atoms with E-state index in [-0.39, 0.29) is 28.9 Å². The standard InChI is InChI=1S/C28H40Cl2N6O4S/c1-3-12-36(41(39,40)25-11-10-24(29)22(2)28(25)30)20-26(37)32-19-27(38)35(17-8-9-23-18-31-21-33-23)16-7-6-15-34-13-4-5-14-34/h3,10-11,18,21H,1,4-9,12-17,19-20H2,2H3,(H,31,33)(H,32,37). The Morgan fingerprint density at radius 3 is 2.59 bits per heavy atom. The average molecular weight is 628 g/mol. The topological polar surface area (TPSA) is 119 Å². The molecule has 1 aromatic heterocycles. The van der Waals surface area contributed by atoms with Gasteiger partial charge in [-0.3, -0.25) is 9.59 Å². The highest BCUT2D eigenvalue weighted by molar-refractivity contribution is 7.89. The Morgan fingerprint density at radius 1 is 1.17 bits per heavy atom. The van der Waals surface area contributed by atoms with Crippen LogP contribution in [-0.4, -0.2) is 96.7 Å². The summed E-state index contributed by atoms with van der Waals surface area (Å²) in [5, 5.41) is 2.94. The molecule has 2 amide bonds. The summed E-state index contributed by atoms with van der Waals surface area (Å²) in [5.74, 6) is -0.810. The lowest BCUT2D eigenvalue weighted by atomic mass is 10.2. The van der Waals surface area contributed by atoms with Gasteiger partial charge in [-0.1, -0.05) is 29.3 Å². The maximum atomic E-state index is 13.3. The van der Waals surface area contributed by atoms with Crippen molar-refractivity contribution in [3.05, 3.63) is 58.6 Å². The largest absolute Gasteiger partial charge is 0.348 e. The fraction of sp³-hybridized carbons (Fsp3) is 0.536. The van der Waals surface area contributed by atoms with Crippen molar-refractivity contribution < 1.29 is 18.0 Å². The lowest BCUT2D eigenvalue weighted by Gasteiger charge is -2.24. The van der Waals surface area contributed by atoms with E-state index in [1.807, 2.05) is 0 Å². The number of nitrogens with zero attached hydrogens (tertiary/aromatic N) is 4. The van der Waals surface area contributed by atoms with Gasteiger partial charge >= 0.3 is 0 Å². The van der Waals surface area contributed by atoms with Crippen LogP contribution in [0.25, 0.3) is 0 Å². The van der Waals surface area contributed by atoms with Crippen molar-refractivity contribution in [3.8, 4) is 0 Å². The first-order valence-electron chi connectivity index (χ1n) is 13.9. The van der Waals surface area contributed by atoms with Gasteiger partial charge in [-0.15, -0.1) is 6.58 Å². The molecule has 1 fully saturated rings. The number of rotatable bonds is 17. The maximum absolute atomic E-state index is 13.3. The van der Waals surface area contributed by atoms with Gasteiger partial charge in [-0.2, -0.15) is 4.31 Å². The van der Waals surface area contributed by atoms with Crippen LogP contribution < -0.4 is 5.32 Å². The molecule has 1 saturated heterocycles. The van der Waals surface area contributed by atoms with E-state index in [1.54, 1.807) is 24.3 Å². The summed E-state index contributed by atoms with van der Waals surface area (Å²) in [5.41, 5.74) is 1.43. The summed E-state index contributed by atoms with van der Waals surface area (Å²) in [6.45, 7) is 8.85. The average Bonchev–Trinajstić information content (AvgIpc) is 3.66. The zero-order valence-corrected chi connectivity index (χ0v) is 25.9. The third-order valence-corrected chi connectivity index (χ3v) is 9.99. The number of imidazole rings is 1. The lowest BCUT2D eigenvalue weighted by molar-refractivity contribution is -0.133. The van der Waals surface area contributed by atoms with E-state index in [1.165, 1.54) is 31.1 Å². The number of aromatic nitrogens is 2. The molecule has 3 rings (SSSR count). The van der Waals surface area contributed by atoms with Gasteiger partial charge in [-0.05, 0) is 82.8 Å². The molecule has 1 aliphatic heterocycles. The third kappa shape index (κ3) is 9.82. The summed E-state index contributed by atoms with van der Waals surface area (Å²) >= 11 is 12.4. The summed E-state index contributed by atoms with van der Waals surface area (Å²) in [6, 6.07) is 2.77. The van der Waals surface area contributed by atoms with Gasteiger partial charge in [-0.25, -0.2) is 13.4 Å². The number of nitrogens with one attached hydrogen (secondary N) is 2. The highest BCUT2D eigenvalue weighted by atomic mass is 35.5. The predicted octanol–water partition coefficient (Wildman–Crippen LogP) is 3.66. The van der Waals surface area contributed by atoms with Crippen LogP contribution in [0.5, 0.6) is 0 Å². The van der Waals surface area contributed by atoms with Crippen molar-refractivity contribution in [2.24, 2.45) is 0 Å². The van der Waals surface area contributed by atoms with Gasteiger partial charge in [0.05, 0.1) is 24.4 Å². The first kappa shape index (κ1) is 33.1. The molecule has 0 bridgehead atoms. The number of hydrogen-bond acceptors (Lipinski definition) is 6. The normalized spacial score (nSPS) is 14.0. The molecule has 1 aromatic carbocycles. The zero-order valence-electron chi connectivity index (χ0n) is 23.6. The van der Waals surface area contributed by atoms with Crippen molar-refractivity contribution in [3.63, 3.8) is 0 Å². The molecule has 2 N–H and O–H groups in total. The highest BCUT2D eigenvalue weighted by Crippen LogP contribution is 2.32. The minimum absolute atomic E-state index is 0.00218. The fourth-order valence-electron chi connectivity index (χ4n) is 4.76. The van der Waals surface area contributed by atoms with Crippen molar-refractivity contribution in [1.29, 1.82) is 0 Å². The van der Waals surface area contributed by atoms with E-state index in [9.17, 15) is 18.0 Å². The van der Waals surface area contributed by atoms with E-state index in [4.69, 9.17) is 23.2 Å². The van der Waals surface area contributed by atoms with Gasteiger partial charge in [0.2, 0.25) is 21.8 Å². The van der Waals surface area contributed by atoms with Gasteiger partial charge in [0.15, 0.2) is 0 Å². The lowest BCUT2D eigenvalue weighted by Crippen LogP contribution is -2.45. The van der Waals surface area contributed by atoms with Crippen LogP contribution in [0.2, 0.25) is 10.0 Å². The second-order valence-electron chi connectivity index (χ2n) is 10.2. The number of benzene rings is 1. The first-order valence-corrected chi connectivity index (χ1v) is 16.1. The van der Waals surface area contributed by atoms with E-state index in [0.717, 1.165) is 55.3 Å². The molecule has 10 nitrogen and oxygen atoms in total. The van der Waals surface area contributed by atoms with E-state index in [2.05, 4.69) is 26.8 Å². The molecule has 226 valence electrons. The molecule has 0 saturated carbocycles. The molecule has 0 spiro atoms. The van der Waals surface area contributed by atoms with Crippen molar-refractivity contribution in [2.45, 2.75) is 50.3 Å². The van der Waals surface area contributed by atoms with Crippen molar-refractivity contribution in [2.75, 3.05) is 52.4 Å². The Hall–Kier alpha value is -2.44. The smallest absolute Gasteiger partial charge is 0.245 e. The number of amides is 2. The third-order valence-electron chi connectivity index (χ3n) is 7.12. The van der Waals surface area contributed by atoms with Crippen LogP contribution >= 0.6 is 23.2 Å². The monoisotopic (exact) mass is 626 g/mol. The van der Waals surface area contributed by atoms with Crippen LogP contribution in [0.3, 0.4) is 0 Å². The van der Waals surface area contributed by atoms with Gasteiger partial charge in [0.1, 0.15) is 4.90 Å². The van der Waals surface area contributed by atoms with Gasteiger partial charge in [0.25, 0.3) is 0 Å². The van der Waals surface area contributed by atoms with Crippen LogP contribution in [-0.2, 0) is 26.0 Å². The van der Waals surface area contributed by atoms with E-state index < -0.39 is 22.5 Å². The molecule has 0 aliphatic carbocycles.